The van der Waals surface area contributed by atoms with Crippen LogP contribution in [-0.4, -0.2) is 9.55 Å². The van der Waals surface area contributed by atoms with Gasteiger partial charge in [-0.05, 0) is 31.5 Å². The van der Waals surface area contributed by atoms with E-state index in [1.54, 1.807) is 12.5 Å². The van der Waals surface area contributed by atoms with Gasteiger partial charge in [-0.3, -0.25) is 0 Å². The predicted molar refractivity (Wildman–Crippen MR) is 65.9 cm³/mol. The number of hydrogen-bond acceptors (Lipinski definition) is 2. The molecule has 1 aromatic heterocycles. The lowest BCUT2D eigenvalue weighted by Crippen LogP contribution is -2.10. The Labute approximate surface area is 99.9 Å². The van der Waals surface area contributed by atoms with Crippen molar-refractivity contribution in [1.82, 2.24) is 9.55 Å². The second-order valence-electron chi connectivity index (χ2n) is 3.93. The SMILES string of the molecule is Cc1ccc(Cl)c(-n2cncc2C(C)N)c1. The maximum absolute atomic E-state index is 6.17. The minimum Gasteiger partial charge on any atom is -0.323 e. The summed E-state index contributed by atoms with van der Waals surface area (Å²) in [5.74, 6) is 0. The Morgan fingerprint density at radius 2 is 2.19 bits per heavy atom. The first-order valence-corrected chi connectivity index (χ1v) is 5.51. The summed E-state index contributed by atoms with van der Waals surface area (Å²) in [7, 11) is 0. The third-order valence-corrected chi connectivity index (χ3v) is 2.81. The van der Waals surface area contributed by atoms with Crippen molar-refractivity contribution in [3.63, 3.8) is 0 Å². The van der Waals surface area contributed by atoms with E-state index in [0.29, 0.717) is 5.02 Å². The van der Waals surface area contributed by atoms with Gasteiger partial charge in [0.15, 0.2) is 0 Å². The highest BCUT2D eigenvalue weighted by molar-refractivity contribution is 6.32. The van der Waals surface area contributed by atoms with Crippen molar-refractivity contribution in [2.45, 2.75) is 19.9 Å². The van der Waals surface area contributed by atoms with Crippen LogP contribution in [0.25, 0.3) is 5.69 Å². The second-order valence-corrected chi connectivity index (χ2v) is 4.34. The lowest BCUT2D eigenvalue weighted by molar-refractivity contribution is 0.752. The Morgan fingerprint density at radius 3 is 2.88 bits per heavy atom. The van der Waals surface area contributed by atoms with E-state index in [0.717, 1.165) is 16.9 Å². The van der Waals surface area contributed by atoms with Gasteiger partial charge in [-0.15, -0.1) is 0 Å². The molecule has 0 fully saturated rings. The summed E-state index contributed by atoms with van der Waals surface area (Å²) in [5, 5.41) is 0.700. The average Bonchev–Trinajstić information content (AvgIpc) is 2.70. The zero-order valence-electron chi connectivity index (χ0n) is 9.31. The summed E-state index contributed by atoms with van der Waals surface area (Å²) >= 11 is 6.17. The molecule has 2 N–H and O–H groups in total. The van der Waals surface area contributed by atoms with Crippen molar-refractivity contribution in [1.29, 1.82) is 0 Å². The number of nitrogens with two attached hydrogens (primary N) is 1. The fourth-order valence-electron chi connectivity index (χ4n) is 1.65. The monoisotopic (exact) mass is 235 g/mol. The highest BCUT2D eigenvalue weighted by atomic mass is 35.5. The molecule has 16 heavy (non-hydrogen) atoms. The Kier molecular flexibility index (Phi) is 2.99. The average molecular weight is 236 g/mol. The summed E-state index contributed by atoms with van der Waals surface area (Å²) in [4.78, 5) is 4.11. The van der Waals surface area contributed by atoms with E-state index >= 15 is 0 Å². The molecule has 0 aliphatic heterocycles. The molecule has 1 atom stereocenters. The van der Waals surface area contributed by atoms with Gasteiger partial charge in [0.1, 0.15) is 0 Å². The van der Waals surface area contributed by atoms with Crippen molar-refractivity contribution >= 4 is 11.6 Å². The molecule has 0 saturated carbocycles. The molecule has 2 aromatic rings. The van der Waals surface area contributed by atoms with Gasteiger partial charge >= 0.3 is 0 Å². The molecule has 0 bridgehead atoms. The van der Waals surface area contributed by atoms with Gasteiger partial charge < -0.3 is 10.3 Å². The first-order valence-electron chi connectivity index (χ1n) is 5.14. The number of rotatable bonds is 2. The maximum Gasteiger partial charge on any atom is 0.0995 e. The lowest BCUT2D eigenvalue weighted by atomic mass is 10.2. The van der Waals surface area contributed by atoms with E-state index in [2.05, 4.69) is 4.98 Å². The summed E-state index contributed by atoms with van der Waals surface area (Å²) in [5.41, 5.74) is 8.91. The van der Waals surface area contributed by atoms with Gasteiger partial charge in [0.25, 0.3) is 0 Å². The number of halogens is 1. The molecule has 0 radical (unpaired) electrons. The molecule has 0 aliphatic carbocycles. The van der Waals surface area contributed by atoms with Crippen molar-refractivity contribution < 1.29 is 0 Å². The van der Waals surface area contributed by atoms with Gasteiger partial charge in [0.05, 0.1) is 28.9 Å². The highest BCUT2D eigenvalue weighted by Crippen LogP contribution is 2.24. The molecule has 1 heterocycles. The topological polar surface area (TPSA) is 43.8 Å². The minimum absolute atomic E-state index is 0.0703. The number of hydrogen-bond donors (Lipinski definition) is 1. The van der Waals surface area contributed by atoms with E-state index < -0.39 is 0 Å². The summed E-state index contributed by atoms with van der Waals surface area (Å²) in [6.45, 7) is 3.96. The number of benzene rings is 1. The number of aryl methyl sites for hydroxylation is 1. The summed E-state index contributed by atoms with van der Waals surface area (Å²) in [6, 6.07) is 5.82. The molecule has 4 heteroatoms. The van der Waals surface area contributed by atoms with Gasteiger partial charge in [0.2, 0.25) is 0 Å². The minimum atomic E-state index is -0.0703. The molecule has 0 amide bonds. The zero-order chi connectivity index (χ0) is 11.7. The van der Waals surface area contributed by atoms with Crippen LogP contribution >= 0.6 is 11.6 Å². The zero-order valence-corrected chi connectivity index (χ0v) is 10.1. The molecule has 0 saturated heterocycles. The van der Waals surface area contributed by atoms with Crippen LogP contribution in [0.2, 0.25) is 5.02 Å². The van der Waals surface area contributed by atoms with Crippen molar-refractivity contribution in [3.8, 4) is 5.69 Å². The molecule has 1 aromatic carbocycles. The predicted octanol–water partition coefficient (Wildman–Crippen LogP) is 2.85. The first kappa shape index (κ1) is 11.2. The Bertz CT molecular complexity index is 503. The van der Waals surface area contributed by atoms with E-state index in [1.165, 1.54) is 0 Å². The summed E-state index contributed by atoms with van der Waals surface area (Å²) in [6.07, 6.45) is 3.50. The van der Waals surface area contributed by atoms with E-state index in [9.17, 15) is 0 Å². The third-order valence-electron chi connectivity index (χ3n) is 2.49. The smallest absolute Gasteiger partial charge is 0.0995 e. The van der Waals surface area contributed by atoms with Crippen LogP contribution in [0, 0.1) is 6.92 Å². The highest BCUT2D eigenvalue weighted by Gasteiger charge is 2.10. The molecule has 1 unspecified atom stereocenters. The number of imidazole rings is 1. The van der Waals surface area contributed by atoms with Crippen LogP contribution in [0.15, 0.2) is 30.7 Å². The first-order chi connectivity index (χ1) is 7.59. The van der Waals surface area contributed by atoms with Crippen LogP contribution in [0.1, 0.15) is 24.2 Å². The molecule has 0 aliphatic rings. The number of aromatic nitrogens is 2. The van der Waals surface area contributed by atoms with Crippen LogP contribution < -0.4 is 5.73 Å². The van der Waals surface area contributed by atoms with Gasteiger partial charge in [-0.2, -0.15) is 0 Å². The maximum atomic E-state index is 6.17. The van der Waals surface area contributed by atoms with Crippen molar-refractivity contribution in [2.24, 2.45) is 5.73 Å². The standard InChI is InChI=1S/C12H14ClN3/c1-8-3-4-10(13)11(5-8)16-7-15-6-12(16)9(2)14/h3-7,9H,14H2,1-2H3. The molecule has 2 rings (SSSR count). The van der Waals surface area contributed by atoms with E-state index in [4.69, 9.17) is 17.3 Å². The molecular formula is C12H14ClN3. The van der Waals surface area contributed by atoms with Crippen LogP contribution in [0.3, 0.4) is 0 Å². The van der Waals surface area contributed by atoms with E-state index in [-0.39, 0.29) is 6.04 Å². The second kappa shape index (κ2) is 4.28. The van der Waals surface area contributed by atoms with E-state index in [1.807, 2.05) is 36.6 Å². The van der Waals surface area contributed by atoms with Crippen LogP contribution in [0.5, 0.6) is 0 Å². The Hall–Kier alpha value is -1.32. The van der Waals surface area contributed by atoms with Gasteiger partial charge in [-0.1, -0.05) is 17.7 Å². The fourth-order valence-corrected chi connectivity index (χ4v) is 1.86. The third kappa shape index (κ3) is 1.96. The molecular weight excluding hydrogens is 222 g/mol. The largest absolute Gasteiger partial charge is 0.323 e. The molecule has 3 nitrogen and oxygen atoms in total. The van der Waals surface area contributed by atoms with Crippen molar-refractivity contribution in [2.75, 3.05) is 0 Å². The van der Waals surface area contributed by atoms with Crippen molar-refractivity contribution in [3.05, 3.63) is 47.0 Å². The van der Waals surface area contributed by atoms with Crippen LogP contribution in [0.4, 0.5) is 0 Å². The Balaban J connectivity index is 2.58. The molecule has 0 spiro atoms. The normalized spacial score (nSPS) is 12.8. The van der Waals surface area contributed by atoms with Gasteiger partial charge in [0, 0.05) is 6.04 Å². The molecule has 84 valence electrons. The quantitative estimate of drug-likeness (QED) is 0.870. The van der Waals surface area contributed by atoms with Gasteiger partial charge in [-0.25, -0.2) is 4.98 Å². The van der Waals surface area contributed by atoms with Crippen LogP contribution in [-0.2, 0) is 0 Å². The Morgan fingerprint density at radius 1 is 1.44 bits per heavy atom. The lowest BCUT2D eigenvalue weighted by Gasteiger charge is -2.12. The number of nitrogens with zero attached hydrogens (tertiary/aromatic N) is 2. The fraction of sp³-hybridized carbons (Fsp3) is 0.250. The summed E-state index contributed by atoms with van der Waals surface area (Å²) < 4.78 is 1.93.